The van der Waals surface area contributed by atoms with Crippen LogP contribution in [0.25, 0.3) is 0 Å². The van der Waals surface area contributed by atoms with Crippen molar-refractivity contribution in [3.05, 3.63) is 29.6 Å². The molecule has 94 valence electrons. The molecule has 17 heavy (non-hydrogen) atoms. The standard InChI is InChI=1S/C13H19FN2S/c1-9-8-16(5-6-17-9)13-4-3-11(10(2)15)7-12(13)14/h3-4,7,9-10H,5-6,8,15H2,1-2H3. The summed E-state index contributed by atoms with van der Waals surface area (Å²) >= 11 is 1.95. The van der Waals surface area contributed by atoms with Crippen LogP contribution in [0.15, 0.2) is 18.2 Å². The van der Waals surface area contributed by atoms with Gasteiger partial charge in [0.25, 0.3) is 0 Å². The molecule has 1 aromatic rings. The minimum absolute atomic E-state index is 0.116. The second-order valence-electron chi connectivity index (χ2n) is 4.63. The summed E-state index contributed by atoms with van der Waals surface area (Å²) in [6.45, 7) is 5.89. The van der Waals surface area contributed by atoms with Crippen molar-refractivity contribution in [2.75, 3.05) is 23.7 Å². The molecule has 2 N–H and O–H groups in total. The Labute approximate surface area is 106 Å². The van der Waals surface area contributed by atoms with Gasteiger partial charge in [-0.25, -0.2) is 4.39 Å². The summed E-state index contributed by atoms with van der Waals surface area (Å²) in [4.78, 5) is 2.13. The van der Waals surface area contributed by atoms with Gasteiger partial charge in [0.1, 0.15) is 5.82 Å². The van der Waals surface area contributed by atoms with Gasteiger partial charge >= 0.3 is 0 Å². The third kappa shape index (κ3) is 2.93. The van der Waals surface area contributed by atoms with Crippen LogP contribution in [0.5, 0.6) is 0 Å². The van der Waals surface area contributed by atoms with Crippen LogP contribution in [0.4, 0.5) is 10.1 Å². The average Bonchev–Trinajstić information content (AvgIpc) is 2.28. The smallest absolute Gasteiger partial charge is 0.146 e. The summed E-state index contributed by atoms with van der Waals surface area (Å²) in [6, 6.07) is 5.23. The van der Waals surface area contributed by atoms with E-state index in [9.17, 15) is 4.39 Å². The quantitative estimate of drug-likeness (QED) is 0.880. The summed E-state index contributed by atoms with van der Waals surface area (Å²) in [5, 5.41) is 0.566. The Morgan fingerprint density at radius 3 is 2.88 bits per heavy atom. The van der Waals surface area contributed by atoms with E-state index in [-0.39, 0.29) is 11.9 Å². The van der Waals surface area contributed by atoms with E-state index < -0.39 is 0 Å². The summed E-state index contributed by atoms with van der Waals surface area (Å²) in [5.41, 5.74) is 7.31. The number of rotatable bonds is 2. The number of nitrogens with zero attached hydrogens (tertiary/aromatic N) is 1. The number of halogens is 1. The molecule has 1 heterocycles. The largest absolute Gasteiger partial charge is 0.367 e. The van der Waals surface area contributed by atoms with Crippen molar-refractivity contribution < 1.29 is 4.39 Å². The molecule has 1 aliphatic heterocycles. The van der Waals surface area contributed by atoms with Crippen LogP contribution in [0, 0.1) is 5.82 Å². The number of benzene rings is 1. The molecule has 1 aromatic carbocycles. The molecule has 1 aliphatic rings. The highest BCUT2D eigenvalue weighted by molar-refractivity contribution is 8.00. The predicted molar refractivity (Wildman–Crippen MR) is 73.1 cm³/mol. The maximum atomic E-state index is 14.0. The van der Waals surface area contributed by atoms with E-state index in [0.29, 0.717) is 10.9 Å². The van der Waals surface area contributed by atoms with E-state index in [0.717, 1.165) is 24.4 Å². The Balaban J connectivity index is 2.21. The monoisotopic (exact) mass is 254 g/mol. The lowest BCUT2D eigenvalue weighted by atomic mass is 10.1. The van der Waals surface area contributed by atoms with Gasteiger partial charge in [-0.2, -0.15) is 11.8 Å². The van der Waals surface area contributed by atoms with Gasteiger partial charge in [0.05, 0.1) is 5.69 Å². The second kappa shape index (κ2) is 5.27. The summed E-state index contributed by atoms with van der Waals surface area (Å²) in [7, 11) is 0. The highest BCUT2D eigenvalue weighted by Gasteiger charge is 2.19. The Bertz CT molecular complexity index is 395. The molecule has 4 heteroatoms. The molecule has 0 saturated carbocycles. The Hall–Kier alpha value is -0.740. The lowest BCUT2D eigenvalue weighted by Gasteiger charge is -2.32. The van der Waals surface area contributed by atoms with E-state index in [4.69, 9.17) is 5.73 Å². The molecule has 0 bridgehead atoms. The summed E-state index contributed by atoms with van der Waals surface area (Å²) in [6.07, 6.45) is 0. The number of hydrogen-bond acceptors (Lipinski definition) is 3. The van der Waals surface area contributed by atoms with Crippen molar-refractivity contribution in [1.29, 1.82) is 0 Å². The molecule has 2 rings (SSSR count). The molecule has 0 amide bonds. The highest BCUT2D eigenvalue weighted by Crippen LogP contribution is 2.27. The molecule has 0 aromatic heterocycles. The van der Waals surface area contributed by atoms with Crippen molar-refractivity contribution >= 4 is 17.4 Å². The van der Waals surface area contributed by atoms with E-state index in [2.05, 4.69) is 11.8 Å². The normalized spacial score (nSPS) is 22.6. The fourth-order valence-corrected chi connectivity index (χ4v) is 3.11. The van der Waals surface area contributed by atoms with E-state index >= 15 is 0 Å². The highest BCUT2D eigenvalue weighted by atomic mass is 32.2. The fraction of sp³-hybridized carbons (Fsp3) is 0.538. The number of hydrogen-bond donors (Lipinski definition) is 1. The van der Waals surface area contributed by atoms with Crippen molar-refractivity contribution in [3.8, 4) is 0 Å². The molecule has 2 unspecified atom stereocenters. The SMILES string of the molecule is CC1CN(c2ccc(C(C)N)cc2F)CCS1. The zero-order chi connectivity index (χ0) is 12.4. The van der Waals surface area contributed by atoms with Gasteiger partial charge in [-0.3, -0.25) is 0 Å². The molecule has 0 radical (unpaired) electrons. The van der Waals surface area contributed by atoms with Crippen LogP contribution in [0.3, 0.4) is 0 Å². The number of anilines is 1. The van der Waals surface area contributed by atoms with Gasteiger partial charge in [-0.05, 0) is 24.6 Å². The van der Waals surface area contributed by atoms with Crippen LogP contribution in [-0.2, 0) is 0 Å². The van der Waals surface area contributed by atoms with E-state index in [1.165, 1.54) is 0 Å². The Kier molecular flexibility index (Phi) is 3.94. The van der Waals surface area contributed by atoms with Crippen LogP contribution >= 0.6 is 11.8 Å². The first kappa shape index (κ1) is 12.7. The summed E-state index contributed by atoms with van der Waals surface area (Å²) in [5.74, 6) is 0.911. The lowest BCUT2D eigenvalue weighted by molar-refractivity contribution is 0.611. The van der Waals surface area contributed by atoms with Gasteiger partial charge in [0, 0.05) is 30.1 Å². The first-order valence-corrected chi connectivity index (χ1v) is 7.04. The predicted octanol–water partition coefficient (Wildman–Crippen LogP) is 2.79. The molecule has 2 nitrogen and oxygen atoms in total. The second-order valence-corrected chi connectivity index (χ2v) is 6.17. The topological polar surface area (TPSA) is 29.3 Å². The number of thioether (sulfide) groups is 1. The third-order valence-electron chi connectivity index (χ3n) is 3.08. The number of nitrogens with two attached hydrogens (primary N) is 1. The van der Waals surface area contributed by atoms with E-state index in [1.54, 1.807) is 6.07 Å². The van der Waals surface area contributed by atoms with Crippen LogP contribution in [-0.4, -0.2) is 24.1 Å². The minimum Gasteiger partial charge on any atom is -0.367 e. The van der Waals surface area contributed by atoms with Crippen molar-refractivity contribution in [1.82, 2.24) is 0 Å². The maximum absolute atomic E-state index is 14.0. The zero-order valence-corrected chi connectivity index (χ0v) is 11.1. The Morgan fingerprint density at radius 2 is 2.29 bits per heavy atom. The third-order valence-corrected chi connectivity index (χ3v) is 4.22. The van der Waals surface area contributed by atoms with Crippen molar-refractivity contribution in [2.24, 2.45) is 5.73 Å². The minimum atomic E-state index is -0.154. The van der Waals surface area contributed by atoms with Crippen LogP contribution < -0.4 is 10.6 Å². The van der Waals surface area contributed by atoms with E-state index in [1.807, 2.05) is 30.8 Å². The fourth-order valence-electron chi connectivity index (χ4n) is 2.10. The zero-order valence-electron chi connectivity index (χ0n) is 10.3. The molecule has 1 saturated heterocycles. The van der Waals surface area contributed by atoms with Crippen molar-refractivity contribution in [3.63, 3.8) is 0 Å². The Morgan fingerprint density at radius 1 is 1.53 bits per heavy atom. The van der Waals surface area contributed by atoms with Gasteiger partial charge in [-0.15, -0.1) is 0 Å². The van der Waals surface area contributed by atoms with Crippen LogP contribution in [0.1, 0.15) is 25.5 Å². The first-order valence-electron chi connectivity index (χ1n) is 5.99. The van der Waals surface area contributed by atoms with Gasteiger partial charge in [0.2, 0.25) is 0 Å². The molecule has 1 fully saturated rings. The van der Waals surface area contributed by atoms with Gasteiger partial charge < -0.3 is 10.6 Å². The lowest BCUT2D eigenvalue weighted by Crippen LogP contribution is -2.37. The molecular formula is C13H19FN2S. The van der Waals surface area contributed by atoms with Gasteiger partial charge in [0.15, 0.2) is 0 Å². The average molecular weight is 254 g/mol. The van der Waals surface area contributed by atoms with Gasteiger partial charge in [-0.1, -0.05) is 13.0 Å². The molecule has 2 atom stereocenters. The molecule has 0 spiro atoms. The van der Waals surface area contributed by atoms with Crippen molar-refractivity contribution in [2.45, 2.75) is 25.1 Å². The summed E-state index contributed by atoms with van der Waals surface area (Å²) < 4.78 is 14.0. The molecular weight excluding hydrogens is 235 g/mol. The molecule has 0 aliphatic carbocycles. The maximum Gasteiger partial charge on any atom is 0.146 e. The first-order chi connectivity index (χ1) is 8.08. The van der Waals surface area contributed by atoms with Crippen LogP contribution in [0.2, 0.25) is 0 Å².